The smallest absolute Gasteiger partial charge is 0.269 e. The van der Waals surface area contributed by atoms with Gasteiger partial charge in [0.2, 0.25) is 0 Å². The van der Waals surface area contributed by atoms with E-state index in [1.54, 1.807) is 6.92 Å². The van der Waals surface area contributed by atoms with Crippen molar-refractivity contribution in [1.82, 2.24) is 0 Å². The van der Waals surface area contributed by atoms with E-state index in [0.29, 0.717) is 11.3 Å². The molecular weight excluding hydrogens is 268 g/mol. The molecule has 1 aromatic carbocycles. The molecule has 0 bridgehead atoms. The number of aliphatic hydroxyl groups is 3. The van der Waals surface area contributed by atoms with Crippen LogP contribution >= 0.6 is 0 Å². The number of hydrogen-bond acceptors (Lipinski definition) is 7. The van der Waals surface area contributed by atoms with Crippen molar-refractivity contribution in [1.29, 1.82) is 0 Å². The van der Waals surface area contributed by atoms with E-state index in [-0.39, 0.29) is 12.3 Å². The third kappa shape index (κ3) is 2.88. The minimum atomic E-state index is -1.31. The number of nitro benzene ring substituents is 1. The Morgan fingerprint density at radius 2 is 2.05 bits per heavy atom. The monoisotopic (exact) mass is 284 g/mol. The summed E-state index contributed by atoms with van der Waals surface area (Å²) < 4.78 is 5.20. The van der Waals surface area contributed by atoms with Crippen LogP contribution in [0.3, 0.4) is 0 Å². The summed E-state index contributed by atoms with van der Waals surface area (Å²) in [6.07, 6.45) is -4.64. The van der Waals surface area contributed by atoms with Gasteiger partial charge in [0, 0.05) is 17.8 Å². The highest BCUT2D eigenvalue weighted by Crippen LogP contribution is 2.24. The van der Waals surface area contributed by atoms with Gasteiger partial charge in [0.1, 0.15) is 18.3 Å². The first-order chi connectivity index (χ1) is 9.40. The largest absolute Gasteiger partial charge is 0.388 e. The molecule has 110 valence electrons. The van der Waals surface area contributed by atoms with Crippen LogP contribution in [0.15, 0.2) is 18.2 Å². The van der Waals surface area contributed by atoms with Crippen molar-refractivity contribution in [3.05, 3.63) is 33.9 Å². The summed E-state index contributed by atoms with van der Waals surface area (Å²) in [4.78, 5) is 10.1. The topological polar surface area (TPSA) is 125 Å². The summed E-state index contributed by atoms with van der Waals surface area (Å²) in [5, 5.41) is 42.2. The molecule has 4 N–H and O–H groups in total. The fourth-order valence-corrected chi connectivity index (χ4v) is 2.01. The predicted molar refractivity (Wildman–Crippen MR) is 69.2 cm³/mol. The second-order valence-corrected chi connectivity index (χ2v) is 4.70. The highest BCUT2D eigenvalue weighted by Gasteiger charge is 2.37. The van der Waals surface area contributed by atoms with Gasteiger partial charge in [-0.1, -0.05) is 0 Å². The third-order valence-electron chi connectivity index (χ3n) is 3.22. The summed E-state index contributed by atoms with van der Waals surface area (Å²) in [6.45, 7) is 1.57. The number of hydrogen-bond donors (Lipinski definition) is 4. The van der Waals surface area contributed by atoms with Gasteiger partial charge in [-0.25, -0.2) is 0 Å². The number of nitrogens with zero attached hydrogens (tertiary/aromatic N) is 1. The predicted octanol–water partition coefficient (Wildman–Crippen LogP) is -0.246. The Kier molecular flexibility index (Phi) is 4.19. The first-order valence-corrected chi connectivity index (χ1v) is 6.07. The van der Waals surface area contributed by atoms with Crippen LogP contribution in [0.1, 0.15) is 5.56 Å². The lowest BCUT2D eigenvalue weighted by molar-refractivity contribution is -0.384. The summed E-state index contributed by atoms with van der Waals surface area (Å²) in [6, 6.07) is 4.22. The van der Waals surface area contributed by atoms with Crippen molar-refractivity contribution in [2.45, 2.75) is 31.5 Å². The zero-order chi connectivity index (χ0) is 14.9. The highest BCUT2D eigenvalue weighted by atomic mass is 16.6. The van der Waals surface area contributed by atoms with Crippen molar-refractivity contribution >= 4 is 11.4 Å². The Morgan fingerprint density at radius 3 is 2.65 bits per heavy atom. The zero-order valence-corrected chi connectivity index (χ0v) is 10.8. The van der Waals surface area contributed by atoms with E-state index < -0.39 is 29.5 Å². The number of anilines is 1. The van der Waals surface area contributed by atoms with Gasteiger partial charge >= 0.3 is 0 Å². The second-order valence-electron chi connectivity index (χ2n) is 4.70. The van der Waals surface area contributed by atoms with E-state index >= 15 is 0 Å². The average Bonchev–Trinajstić information content (AvgIpc) is 2.41. The van der Waals surface area contributed by atoms with Crippen LogP contribution in [0.2, 0.25) is 0 Å². The first kappa shape index (κ1) is 14.7. The lowest BCUT2D eigenvalue weighted by Crippen LogP contribution is -2.55. The van der Waals surface area contributed by atoms with Gasteiger partial charge in [0.25, 0.3) is 5.69 Å². The molecule has 1 heterocycles. The number of aliphatic hydroxyl groups excluding tert-OH is 3. The zero-order valence-electron chi connectivity index (χ0n) is 10.8. The third-order valence-corrected chi connectivity index (χ3v) is 3.22. The molecule has 8 heteroatoms. The van der Waals surface area contributed by atoms with Gasteiger partial charge in [0.05, 0.1) is 11.5 Å². The van der Waals surface area contributed by atoms with Gasteiger partial charge in [0.15, 0.2) is 6.23 Å². The Balaban J connectivity index is 2.12. The Morgan fingerprint density at radius 1 is 1.35 bits per heavy atom. The van der Waals surface area contributed by atoms with E-state index in [4.69, 9.17) is 4.74 Å². The minimum Gasteiger partial charge on any atom is -0.388 e. The molecule has 0 radical (unpaired) electrons. The quantitative estimate of drug-likeness (QED) is 0.445. The molecule has 8 nitrogen and oxygen atoms in total. The summed E-state index contributed by atoms with van der Waals surface area (Å²) >= 11 is 0. The number of non-ortho nitro benzene ring substituents is 1. The molecule has 0 saturated carbocycles. The molecule has 1 aromatic rings. The van der Waals surface area contributed by atoms with Crippen LogP contribution in [0.25, 0.3) is 0 Å². The average molecular weight is 284 g/mol. The molecule has 0 aliphatic carbocycles. The van der Waals surface area contributed by atoms with Crippen LogP contribution in [0.5, 0.6) is 0 Å². The number of rotatable bonds is 3. The van der Waals surface area contributed by atoms with Crippen LogP contribution < -0.4 is 5.32 Å². The van der Waals surface area contributed by atoms with Crippen LogP contribution in [-0.2, 0) is 4.74 Å². The van der Waals surface area contributed by atoms with Crippen molar-refractivity contribution in [3.63, 3.8) is 0 Å². The normalized spacial score (nSPS) is 30.0. The van der Waals surface area contributed by atoms with Gasteiger partial charge in [-0.05, 0) is 18.6 Å². The maximum atomic E-state index is 10.6. The lowest BCUT2D eigenvalue weighted by Gasteiger charge is -2.36. The Hall–Kier alpha value is -1.74. The first-order valence-electron chi connectivity index (χ1n) is 6.07. The molecule has 1 aliphatic heterocycles. The lowest BCUT2D eigenvalue weighted by atomic mass is 10.0. The molecule has 1 fully saturated rings. The van der Waals surface area contributed by atoms with E-state index in [9.17, 15) is 25.4 Å². The molecule has 1 saturated heterocycles. The van der Waals surface area contributed by atoms with Gasteiger partial charge in [-0.2, -0.15) is 0 Å². The Bertz CT molecular complexity index is 509. The number of nitrogens with one attached hydrogen (secondary N) is 1. The van der Waals surface area contributed by atoms with E-state index in [1.165, 1.54) is 18.2 Å². The van der Waals surface area contributed by atoms with Crippen molar-refractivity contribution in [2.75, 3.05) is 11.9 Å². The number of aryl methyl sites for hydroxylation is 1. The SMILES string of the molecule is Cc1cc([N+](=O)[O-])ccc1N[C@H]1OC[C@H](O)[C@@H](O)[C@@H]1O. The Labute approximate surface area is 114 Å². The van der Waals surface area contributed by atoms with Crippen LogP contribution in [0.4, 0.5) is 11.4 Å². The molecule has 1 aliphatic rings. The second kappa shape index (κ2) is 5.71. The van der Waals surface area contributed by atoms with Crippen molar-refractivity contribution in [2.24, 2.45) is 0 Å². The number of ether oxygens (including phenoxy) is 1. The molecule has 0 unspecified atom stereocenters. The standard InChI is InChI=1S/C12H16N2O6/c1-6-4-7(14(18)19)2-3-8(6)13-12-11(17)10(16)9(15)5-20-12/h2-4,9-13,15-17H,5H2,1H3/t9-,10+,11-,12-/m0/s1. The molecular formula is C12H16N2O6. The van der Waals surface area contributed by atoms with Crippen molar-refractivity contribution in [3.8, 4) is 0 Å². The summed E-state index contributed by atoms with van der Waals surface area (Å²) in [7, 11) is 0. The summed E-state index contributed by atoms with van der Waals surface area (Å²) in [5.41, 5.74) is 1.12. The highest BCUT2D eigenvalue weighted by molar-refractivity contribution is 5.55. The fraction of sp³-hybridized carbons (Fsp3) is 0.500. The van der Waals surface area contributed by atoms with E-state index in [0.717, 1.165) is 0 Å². The number of nitro groups is 1. The van der Waals surface area contributed by atoms with Crippen LogP contribution in [0, 0.1) is 17.0 Å². The molecule has 0 amide bonds. The minimum absolute atomic E-state index is 0.0337. The molecule has 2 rings (SSSR count). The number of benzene rings is 1. The van der Waals surface area contributed by atoms with Gasteiger partial charge < -0.3 is 25.4 Å². The summed E-state index contributed by atoms with van der Waals surface area (Å²) in [5.74, 6) is 0. The maximum absolute atomic E-state index is 10.6. The van der Waals surface area contributed by atoms with Gasteiger partial charge in [-0.3, -0.25) is 10.1 Å². The van der Waals surface area contributed by atoms with Gasteiger partial charge in [-0.15, -0.1) is 0 Å². The van der Waals surface area contributed by atoms with Crippen molar-refractivity contribution < 1.29 is 25.0 Å². The molecule has 0 aromatic heterocycles. The fourth-order valence-electron chi connectivity index (χ4n) is 2.01. The van der Waals surface area contributed by atoms with Crippen LogP contribution in [-0.4, -0.2) is 51.4 Å². The molecule has 20 heavy (non-hydrogen) atoms. The van der Waals surface area contributed by atoms with E-state index in [2.05, 4.69) is 5.32 Å². The molecule has 4 atom stereocenters. The maximum Gasteiger partial charge on any atom is 0.269 e. The van der Waals surface area contributed by atoms with E-state index in [1.807, 2.05) is 0 Å². The molecule has 0 spiro atoms.